The molecular formula is C16H17FO3. The fourth-order valence-electron chi connectivity index (χ4n) is 2.10. The zero-order chi connectivity index (χ0) is 14.5. The molecule has 2 aromatic rings. The summed E-state index contributed by atoms with van der Waals surface area (Å²) < 4.78 is 23.5. The van der Waals surface area contributed by atoms with Crippen LogP contribution < -0.4 is 9.47 Å². The Hall–Kier alpha value is -2.07. The van der Waals surface area contributed by atoms with Crippen molar-refractivity contribution in [3.63, 3.8) is 0 Å². The SMILES string of the molecule is COc1ccc(OC)c(C(O)Cc2cccc(F)c2)c1. The molecule has 0 saturated heterocycles. The zero-order valence-corrected chi connectivity index (χ0v) is 11.5. The van der Waals surface area contributed by atoms with Crippen LogP contribution in [-0.4, -0.2) is 19.3 Å². The van der Waals surface area contributed by atoms with Gasteiger partial charge in [0.25, 0.3) is 0 Å². The number of hydrogen-bond acceptors (Lipinski definition) is 3. The third-order valence-electron chi connectivity index (χ3n) is 3.11. The molecule has 1 N–H and O–H groups in total. The number of aliphatic hydroxyl groups is 1. The molecule has 0 aliphatic rings. The normalized spacial score (nSPS) is 12.0. The van der Waals surface area contributed by atoms with Gasteiger partial charge in [0, 0.05) is 12.0 Å². The maximum atomic E-state index is 13.2. The lowest BCUT2D eigenvalue weighted by Crippen LogP contribution is -2.05. The third-order valence-corrected chi connectivity index (χ3v) is 3.11. The molecule has 3 nitrogen and oxygen atoms in total. The quantitative estimate of drug-likeness (QED) is 0.912. The third kappa shape index (κ3) is 3.27. The predicted molar refractivity (Wildman–Crippen MR) is 74.6 cm³/mol. The Morgan fingerprint density at radius 3 is 2.55 bits per heavy atom. The van der Waals surface area contributed by atoms with Gasteiger partial charge in [-0.25, -0.2) is 4.39 Å². The van der Waals surface area contributed by atoms with Crippen LogP contribution in [-0.2, 0) is 6.42 Å². The molecule has 1 unspecified atom stereocenters. The highest BCUT2D eigenvalue weighted by atomic mass is 19.1. The smallest absolute Gasteiger partial charge is 0.124 e. The van der Waals surface area contributed by atoms with Gasteiger partial charge in [0.15, 0.2) is 0 Å². The van der Waals surface area contributed by atoms with Crippen molar-refractivity contribution in [3.8, 4) is 11.5 Å². The summed E-state index contributed by atoms with van der Waals surface area (Å²) in [7, 11) is 3.10. The Morgan fingerprint density at radius 1 is 1.10 bits per heavy atom. The number of halogens is 1. The standard InChI is InChI=1S/C16H17FO3/c1-19-13-6-7-16(20-2)14(10-13)15(18)9-11-4-3-5-12(17)8-11/h3-8,10,15,18H,9H2,1-2H3. The molecule has 0 bridgehead atoms. The van der Waals surface area contributed by atoms with Crippen LogP contribution in [0.2, 0.25) is 0 Å². The van der Waals surface area contributed by atoms with Gasteiger partial charge in [0.2, 0.25) is 0 Å². The summed E-state index contributed by atoms with van der Waals surface area (Å²) >= 11 is 0. The minimum atomic E-state index is -0.790. The molecule has 0 saturated carbocycles. The average Bonchev–Trinajstić information content (AvgIpc) is 2.46. The summed E-state index contributed by atoms with van der Waals surface area (Å²) in [5, 5.41) is 10.3. The molecule has 0 radical (unpaired) electrons. The van der Waals surface area contributed by atoms with E-state index >= 15 is 0 Å². The van der Waals surface area contributed by atoms with Gasteiger partial charge in [-0.2, -0.15) is 0 Å². The van der Waals surface area contributed by atoms with E-state index in [0.717, 1.165) is 5.56 Å². The van der Waals surface area contributed by atoms with Crippen molar-refractivity contribution in [1.29, 1.82) is 0 Å². The van der Waals surface area contributed by atoms with Crippen LogP contribution in [0.1, 0.15) is 17.2 Å². The van der Waals surface area contributed by atoms with Crippen LogP contribution in [0.4, 0.5) is 4.39 Å². The maximum absolute atomic E-state index is 13.2. The highest BCUT2D eigenvalue weighted by Crippen LogP contribution is 2.31. The molecule has 0 fully saturated rings. The number of benzene rings is 2. The molecule has 1 atom stereocenters. The molecule has 0 aromatic heterocycles. The summed E-state index contributed by atoms with van der Waals surface area (Å²) in [4.78, 5) is 0. The molecule has 106 valence electrons. The van der Waals surface area contributed by atoms with Gasteiger partial charge < -0.3 is 14.6 Å². The first-order valence-electron chi connectivity index (χ1n) is 6.28. The molecule has 0 aliphatic heterocycles. The Bertz CT molecular complexity index is 584. The molecular weight excluding hydrogens is 259 g/mol. The summed E-state index contributed by atoms with van der Waals surface area (Å²) in [5.41, 5.74) is 1.35. The fourth-order valence-corrected chi connectivity index (χ4v) is 2.10. The average molecular weight is 276 g/mol. The van der Waals surface area contributed by atoms with E-state index in [1.54, 1.807) is 44.6 Å². The van der Waals surface area contributed by atoms with E-state index in [2.05, 4.69) is 0 Å². The zero-order valence-electron chi connectivity index (χ0n) is 11.5. The van der Waals surface area contributed by atoms with Gasteiger partial charge >= 0.3 is 0 Å². The number of rotatable bonds is 5. The van der Waals surface area contributed by atoms with Crippen LogP contribution in [0.3, 0.4) is 0 Å². The summed E-state index contributed by atoms with van der Waals surface area (Å²) in [5.74, 6) is 0.904. The first-order valence-corrected chi connectivity index (χ1v) is 6.28. The van der Waals surface area contributed by atoms with Gasteiger partial charge in [0.1, 0.15) is 17.3 Å². The molecule has 0 spiro atoms. The van der Waals surface area contributed by atoms with Crippen LogP contribution in [0.25, 0.3) is 0 Å². The monoisotopic (exact) mass is 276 g/mol. The molecule has 2 rings (SSSR count). The van der Waals surface area contributed by atoms with Crippen molar-refractivity contribution < 1.29 is 19.0 Å². The highest BCUT2D eigenvalue weighted by Gasteiger charge is 2.15. The second kappa shape index (κ2) is 6.39. The van der Waals surface area contributed by atoms with Gasteiger partial charge in [-0.3, -0.25) is 0 Å². The summed E-state index contributed by atoms with van der Waals surface area (Å²) in [6.45, 7) is 0. The largest absolute Gasteiger partial charge is 0.497 e. The van der Waals surface area contributed by atoms with Crippen LogP contribution in [0, 0.1) is 5.82 Å². The minimum Gasteiger partial charge on any atom is -0.497 e. The topological polar surface area (TPSA) is 38.7 Å². The highest BCUT2D eigenvalue weighted by molar-refractivity contribution is 5.42. The van der Waals surface area contributed by atoms with E-state index in [4.69, 9.17) is 9.47 Å². The molecule has 0 amide bonds. The van der Waals surface area contributed by atoms with E-state index in [0.29, 0.717) is 23.5 Å². The lowest BCUT2D eigenvalue weighted by molar-refractivity contribution is 0.173. The van der Waals surface area contributed by atoms with Gasteiger partial charge in [0.05, 0.1) is 20.3 Å². The van der Waals surface area contributed by atoms with Gasteiger partial charge in [-0.1, -0.05) is 12.1 Å². The molecule has 2 aromatic carbocycles. The number of methoxy groups -OCH3 is 2. The molecule has 0 heterocycles. The Kier molecular flexibility index (Phi) is 4.58. The van der Waals surface area contributed by atoms with E-state index in [1.807, 2.05) is 0 Å². The van der Waals surface area contributed by atoms with E-state index < -0.39 is 6.10 Å². The first-order chi connectivity index (χ1) is 9.63. The molecule has 20 heavy (non-hydrogen) atoms. The predicted octanol–water partition coefficient (Wildman–Crippen LogP) is 3.12. The number of aliphatic hydroxyl groups excluding tert-OH is 1. The lowest BCUT2D eigenvalue weighted by Gasteiger charge is -2.16. The van der Waals surface area contributed by atoms with Crippen molar-refractivity contribution in [2.45, 2.75) is 12.5 Å². The second-order valence-electron chi connectivity index (χ2n) is 4.46. The van der Waals surface area contributed by atoms with Crippen molar-refractivity contribution in [1.82, 2.24) is 0 Å². The van der Waals surface area contributed by atoms with Gasteiger partial charge in [-0.15, -0.1) is 0 Å². The molecule has 0 aliphatic carbocycles. The Labute approximate surface area is 117 Å². The van der Waals surface area contributed by atoms with Gasteiger partial charge in [-0.05, 0) is 35.9 Å². The van der Waals surface area contributed by atoms with Crippen molar-refractivity contribution >= 4 is 0 Å². The number of ether oxygens (including phenoxy) is 2. The van der Waals surface area contributed by atoms with Crippen LogP contribution >= 0.6 is 0 Å². The van der Waals surface area contributed by atoms with E-state index in [9.17, 15) is 9.50 Å². The maximum Gasteiger partial charge on any atom is 0.124 e. The van der Waals surface area contributed by atoms with Crippen molar-refractivity contribution in [3.05, 3.63) is 59.4 Å². The molecule has 4 heteroatoms. The number of hydrogen-bond donors (Lipinski definition) is 1. The summed E-state index contributed by atoms with van der Waals surface area (Å²) in [6, 6.07) is 11.4. The lowest BCUT2D eigenvalue weighted by atomic mass is 10.0. The van der Waals surface area contributed by atoms with Crippen molar-refractivity contribution in [2.75, 3.05) is 14.2 Å². The van der Waals surface area contributed by atoms with Crippen LogP contribution in [0.5, 0.6) is 11.5 Å². The van der Waals surface area contributed by atoms with Crippen molar-refractivity contribution in [2.24, 2.45) is 0 Å². The van der Waals surface area contributed by atoms with E-state index in [-0.39, 0.29) is 5.82 Å². The van der Waals surface area contributed by atoms with Crippen LogP contribution in [0.15, 0.2) is 42.5 Å². The Morgan fingerprint density at radius 2 is 1.90 bits per heavy atom. The first kappa shape index (κ1) is 14.3. The summed E-state index contributed by atoms with van der Waals surface area (Å²) in [6.07, 6.45) is -0.483. The van der Waals surface area contributed by atoms with E-state index in [1.165, 1.54) is 12.1 Å². The Balaban J connectivity index is 2.25. The minimum absolute atomic E-state index is 0.307. The second-order valence-corrected chi connectivity index (χ2v) is 4.46. The fraction of sp³-hybridized carbons (Fsp3) is 0.250.